The summed E-state index contributed by atoms with van der Waals surface area (Å²) in [6.07, 6.45) is 0. The minimum absolute atomic E-state index is 0.196. The molecule has 1 N–H and O–H groups in total. The summed E-state index contributed by atoms with van der Waals surface area (Å²) in [5, 5.41) is 3.02. The van der Waals surface area contributed by atoms with Crippen LogP contribution in [0.5, 0.6) is 0 Å². The topological polar surface area (TPSA) is 55.4 Å². The molecule has 0 aliphatic heterocycles. The van der Waals surface area contributed by atoms with Crippen LogP contribution in [0.1, 0.15) is 17.2 Å². The average Bonchev–Trinajstić information content (AvgIpc) is 3.06. The first-order valence-corrected chi connectivity index (χ1v) is 17.8. The fourth-order valence-electron chi connectivity index (χ4n) is 5.16. The van der Waals surface area contributed by atoms with Crippen molar-refractivity contribution in [3.8, 4) is 0 Å². The molecular weight excluding hydrogens is 555 g/mol. The number of nitrogens with one attached hydrogen (secondary N) is 1. The largest absolute Gasteiger partial charge is 0.497 e. The number of ether oxygens (including phenoxy) is 1. The lowest BCUT2D eigenvalue weighted by Crippen LogP contribution is -2.57. The molecule has 0 bridgehead atoms. The highest BCUT2D eigenvalue weighted by Gasteiger charge is 2.39. The molecule has 0 radical (unpaired) electrons. The predicted octanol–water partition coefficient (Wildman–Crippen LogP) is 6.35. The number of benzene rings is 5. The summed E-state index contributed by atoms with van der Waals surface area (Å²) in [6, 6.07) is 47.8. The highest BCUT2D eigenvalue weighted by atomic mass is 32.2. The summed E-state index contributed by atoms with van der Waals surface area (Å²) < 4.78 is 36.8. The molecule has 4 nitrogen and oxygen atoms in total. The lowest BCUT2D eigenvalue weighted by atomic mass is 9.94. The number of hydrogen-bond donors (Lipinski definition) is 1. The first kappa shape index (κ1) is 29.1. The SMILES string of the molecule is COC(=C=C(c1ccccc1)C(NS(=O)(=O)c1ccccc1)c1ccccc1)[Si](C)(c1ccccc1)c1ccccc1. The molecule has 0 aromatic heterocycles. The molecule has 42 heavy (non-hydrogen) atoms. The molecular formula is C36H33NO3SSi. The molecule has 1 unspecified atom stereocenters. The van der Waals surface area contributed by atoms with E-state index >= 15 is 0 Å². The fourth-order valence-corrected chi connectivity index (χ4v) is 9.75. The zero-order chi connectivity index (χ0) is 29.4. The van der Waals surface area contributed by atoms with Crippen molar-refractivity contribution in [1.82, 2.24) is 4.72 Å². The second-order valence-electron chi connectivity index (χ2n) is 10.1. The van der Waals surface area contributed by atoms with E-state index in [9.17, 15) is 8.42 Å². The third-order valence-electron chi connectivity index (χ3n) is 7.44. The van der Waals surface area contributed by atoms with E-state index in [1.807, 2.05) is 97.1 Å². The minimum atomic E-state index is -3.89. The average molecular weight is 588 g/mol. The van der Waals surface area contributed by atoms with Crippen molar-refractivity contribution in [3.05, 3.63) is 174 Å². The number of hydrogen-bond acceptors (Lipinski definition) is 3. The van der Waals surface area contributed by atoms with Crippen molar-refractivity contribution < 1.29 is 13.2 Å². The van der Waals surface area contributed by atoms with Gasteiger partial charge < -0.3 is 4.74 Å². The van der Waals surface area contributed by atoms with Gasteiger partial charge in [0.05, 0.1) is 18.0 Å². The van der Waals surface area contributed by atoms with Crippen molar-refractivity contribution in [2.45, 2.75) is 17.5 Å². The van der Waals surface area contributed by atoms with Crippen LogP contribution in [0.4, 0.5) is 0 Å². The van der Waals surface area contributed by atoms with E-state index in [4.69, 9.17) is 4.74 Å². The maximum Gasteiger partial charge on any atom is 0.241 e. The van der Waals surface area contributed by atoms with Crippen LogP contribution < -0.4 is 15.1 Å². The van der Waals surface area contributed by atoms with Crippen molar-refractivity contribution in [1.29, 1.82) is 0 Å². The fraction of sp³-hybridized carbons (Fsp3) is 0.0833. The van der Waals surface area contributed by atoms with Gasteiger partial charge in [-0.25, -0.2) is 8.42 Å². The monoisotopic (exact) mass is 587 g/mol. The van der Waals surface area contributed by atoms with Gasteiger partial charge in [0.25, 0.3) is 0 Å². The van der Waals surface area contributed by atoms with Gasteiger partial charge in [-0.05, 0) is 33.6 Å². The van der Waals surface area contributed by atoms with Gasteiger partial charge >= 0.3 is 0 Å². The van der Waals surface area contributed by atoms with Crippen LogP contribution in [0.15, 0.2) is 168 Å². The van der Waals surface area contributed by atoms with Crippen LogP contribution >= 0.6 is 0 Å². The maximum atomic E-state index is 13.8. The van der Waals surface area contributed by atoms with Crippen molar-refractivity contribution >= 4 is 34.0 Å². The molecule has 0 fully saturated rings. The smallest absolute Gasteiger partial charge is 0.241 e. The Morgan fingerprint density at radius 3 is 1.57 bits per heavy atom. The standard InChI is InChI=1S/C36H33NO3SSi/c1-40-35(42(2,32-24-14-6-15-25-32)33-26-16-7-17-27-33)28-34(29-18-8-3-9-19-29)36(30-20-10-4-11-21-30)37-41(38,39)31-22-12-5-13-23-31/h3-27,36-37H,1-2H3. The summed E-state index contributed by atoms with van der Waals surface area (Å²) >= 11 is 0. The molecule has 0 saturated heterocycles. The molecule has 5 aromatic carbocycles. The lowest BCUT2D eigenvalue weighted by molar-refractivity contribution is 0.318. The van der Waals surface area contributed by atoms with Crippen molar-refractivity contribution in [2.24, 2.45) is 0 Å². The van der Waals surface area contributed by atoms with Crippen LogP contribution in [-0.2, 0) is 14.8 Å². The van der Waals surface area contributed by atoms with E-state index in [1.54, 1.807) is 37.4 Å². The molecule has 0 aliphatic rings. The second-order valence-corrected chi connectivity index (χ2v) is 15.6. The highest BCUT2D eigenvalue weighted by Crippen LogP contribution is 2.32. The molecule has 0 aliphatic carbocycles. The maximum absolute atomic E-state index is 13.8. The Balaban J connectivity index is 1.82. The minimum Gasteiger partial charge on any atom is -0.497 e. The van der Waals surface area contributed by atoms with Crippen LogP contribution in [0, 0.1) is 0 Å². The Kier molecular flexibility index (Phi) is 9.01. The molecule has 0 spiro atoms. The van der Waals surface area contributed by atoms with Gasteiger partial charge in [-0.2, -0.15) is 4.72 Å². The molecule has 0 amide bonds. The molecule has 5 rings (SSSR count). The van der Waals surface area contributed by atoms with Crippen LogP contribution in [0.25, 0.3) is 5.57 Å². The van der Waals surface area contributed by atoms with E-state index in [2.05, 4.69) is 41.3 Å². The molecule has 1 atom stereocenters. The molecule has 0 saturated carbocycles. The Morgan fingerprint density at radius 2 is 1.10 bits per heavy atom. The first-order valence-electron chi connectivity index (χ1n) is 13.8. The molecule has 6 heteroatoms. The van der Waals surface area contributed by atoms with Gasteiger partial charge in [-0.1, -0.05) is 152 Å². The summed E-state index contributed by atoms with van der Waals surface area (Å²) in [7, 11) is -4.93. The highest BCUT2D eigenvalue weighted by molar-refractivity contribution is 7.89. The van der Waals surface area contributed by atoms with Gasteiger partial charge in [-0.15, -0.1) is 0 Å². The van der Waals surface area contributed by atoms with Gasteiger partial charge in [0.2, 0.25) is 10.0 Å². The quantitative estimate of drug-likeness (QED) is 0.118. The van der Waals surface area contributed by atoms with Crippen molar-refractivity contribution in [3.63, 3.8) is 0 Å². The Bertz CT molecular complexity index is 1730. The van der Waals surface area contributed by atoms with E-state index in [-0.39, 0.29) is 4.90 Å². The third kappa shape index (κ3) is 6.23. The summed E-state index contributed by atoms with van der Waals surface area (Å²) in [6.45, 7) is 2.25. The summed E-state index contributed by atoms with van der Waals surface area (Å²) in [5.41, 5.74) is 5.98. The Labute approximate surface area is 249 Å². The van der Waals surface area contributed by atoms with E-state index in [1.165, 1.54) is 0 Å². The second kappa shape index (κ2) is 13.0. The predicted molar refractivity (Wildman–Crippen MR) is 174 cm³/mol. The zero-order valence-corrected chi connectivity index (χ0v) is 25.5. The first-order chi connectivity index (χ1) is 20.4. The van der Waals surface area contributed by atoms with E-state index < -0.39 is 24.1 Å². The van der Waals surface area contributed by atoms with E-state index in [0.29, 0.717) is 11.0 Å². The van der Waals surface area contributed by atoms with Gasteiger partial charge in [0.15, 0.2) is 8.07 Å². The molecule has 5 aromatic rings. The van der Waals surface area contributed by atoms with Crippen LogP contribution in [-0.4, -0.2) is 23.6 Å². The van der Waals surface area contributed by atoms with Crippen LogP contribution in [0.2, 0.25) is 6.55 Å². The van der Waals surface area contributed by atoms with Gasteiger partial charge in [-0.3, -0.25) is 0 Å². The van der Waals surface area contributed by atoms with Crippen molar-refractivity contribution in [2.75, 3.05) is 7.11 Å². The lowest BCUT2D eigenvalue weighted by Gasteiger charge is -2.29. The van der Waals surface area contributed by atoms with Crippen LogP contribution in [0.3, 0.4) is 0 Å². The zero-order valence-electron chi connectivity index (χ0n) is 23.6. The van der Waals surface area contributed by atoms with E-state index in [0.717, 1.165) is 21.5 Å². The molecule has 210 valence electrons. The number of rotatable bonds is 10. The van der Waals surface area contributed by atoms with Gasteiger partial charge in [0, 0.05) is 5.57 Å². The summed E-state index contributed by atoms with van der Waals surface area (Å²) in [5.74, 6) is 0. The third-order valence-corrected chi connectivity index (χ3v) is 13.1. The Morgan fingerprint density at radius 1 is 0.667 bits per heavy atom. The Hall–Kier alpha value is -4.45. The van der Waals surface area contributed by atoms with Gasteiger partial charge in [0.1, 0.15) is 5.38 Å². The normalized spacial score (nSPS) is 12.1. The summed E-state index contributed by atoms with van der Waals surface area (Å²) in [4.78, 5) is 0.196. The number of sulfonamides is 1. The number of methoxy groups -OCH3 is 1. The molecule has 0 heterocycles.